The Morgan fingerprint density at radius 3 is 2.62 bits per heavy atom. The van der Waals surface area contributed by atoms with Crippen molar-refractivity contribution in [1.82, 2.24) is 0 Å². The minimum atomic E-state index is -0.964. The van der Waals surface area contributed by atoms with Crippen molar-refractivity contribution >= 4 is 17.6 Å². The number of halogens is 1. The molecule has 16 heavy (non-hydrogen) atoms. The number of aliphatic carboxylic acids is 1. The summed E-state index contributed by atoms with van der Waals surface area (Å²) in [6.45, 7) is 0.0847. The van der Waals surface area contributed by atoms with Gasteiger partial charge in [-0.05, 0) is 17.7 Å². The highest BCUT2D eigenvalue weighted by atomic mass is 35.5. The number of hydrogen-bond donors (Lipinski definition) is 1. The van der Waals surface area contributed by atoms with Gasteiger partial charge in [0.25, 0.3) is 0 Å². The summed E-state index contributed by atoms with van der Waals surface area (Å²) in [5.74, 6) is -1.13. The highest BCUT2D eigenvalue weighted by Crippen LogP contribution is 2.28. The maximum Gasteiger partial charge on any atom is 0.313 e. The lowest BCUT2D eigenvalue weighted by molar-refractivity contribution is -0.140. The van der Waals surface area contributed by atoms with Crippen molar-refractivity contribution in [2.45, 2.75) is 5.92 Å². The number of methoxy groups -OCH3 is 2. The van der Waals surface area contributed by atoms with Gasteiger partial charge in [-0.2, -0.15) is 0 Å². The van der Waals surface area contributed by atoms with Crippen molar-refractivity contribution in [3.05, 3.63) is 28.8 Å². The normalized spacial score (nSPS) is 12.2. The number of carboxylic acid groups (broad SMARTS) is 1. The maximum absolute atomic E-state index is 11.0. The van der Waals surface area contributed by atoms with Gasteiger partial charge in [0.2, 0.25) is 0 Å². The zero-order valence-corrected chi connectivity index (χ0v) is 9.82. The zero-order chi connectivity index (χ0) is 12.1. The van der Waals surface area contributed by atoms with Crippen LogP contribution in [-0.2, 0) is 9.53 Å². The Hall–Kier alpha value is -1.26. The van der Waals surface area contributed by atoms with Gasteiger partial charge in [-0.15, -0.1) is 0 Å². The van der Waals surface area contributed by atoms with E-state index in [1.807, 2.05) is 0 Å². The fraction of sp³-hybridized carbons (Fsp3) is 0.364. The van der Waals surface area contributed by atoms with Gasteiger partial charge in [-0.3, -0.25) is 4.79 Å². The number of carbonyl (C=O) groups is 1. The number of carboxylic acids is 1. The fourth-order valence-corrected chi connectivity index (χ4v) is 1.68. The lowest BCUT2D eigenvalue weighted by atomic mass is 10.00. The molecule has 0 saturated heterocycles. The summed E-state index contributed by atoms with van der Waals surface area (Å²) < 4.78 is 9.85. The molecule has 1 N–H and O–H groups in total. The predicted molar refractivity (Wildman–Crippen MR) is 60.3 cm³/mol. The lowest BCUT2D eigenvalue weighted by Gasteiger charge is -2.13. The van der Waals surface area contributed by atoms with Gasteiger partial charge in [0.1, 0.15) is 11.7 Å². The molecular weight excluding hydrogens is 232 g/mol. The second kappa shape index (κ2) is 5.72. The van der Waals surface area contributed by atoms with E-state index in [4.69, 9.17) is 26.2 Å². The van der Waals surface area contributed by atoms with Crippen LogP contribution in [0.15, 0.2) is 18.2 Å². The van der Waals surface area contributed by atoms with Crippen LogP contribution in [0.2, 0.25) is 5.02 Å². The Morgan fingerprint density at radius 1 is 1.50 bits per heavy atom. The zero-order valence-electron chi connectivity index (χ0n) is 9.07. The van der Waals surface area contributed by atoms with Crippen LogP contribution in [0.4, 0.5) is 0 Å². The van der Waals surface area contributed by atoms with E-state index in [0.717, 1.165) is 0 Å². The first-order chi connectivity index (χ1) is 7.60. The fourth-order valence-electron chi connectivity index (χ4n) is 1.38. The Kier molecular flexibility index (Phi) is 4.58. The molecule has 0 aliphatic carbocycles. The van der Waals surface area contributed by atoms with E-state index < -0.39 is 11.9 Å². The molecule has 0 spiro atoms. The molecule has 4 nitrogen and oxygen atoms in total. The number of ether oxygens (including phenoxy) is 2. The molecule has 1 unspecified atom stereocenters. The van der Waals surface area contributed by atoms with Crippen molar-refractivity contribution in [2.75, 3.05) is 20.8 Å². The van der Waals surface area contributed by atoms with Crippen molar-refractivity contribution in [2.24, 2.45) is 0 Å². The minimum Gasteiger partial charge on any atom is -0.497 e. The summed E-state index contributed by atoms with van der Waals surface area (Å²) >= 11 is 5.98. The van der Waals surface area contributed by atoms with Crippen LogP contribution in [-0.4, -0.2) is 31.9 Å². The molecule has 1 rings (SSSR count). The van der Waals surface area contributed by atoms with Crippen LogP contribution in [0.3, 0.4) is 0 Å². The topological polar surface area (TPSA) is 55.8 Å². The Labute approximate surface area is 98.7 Å². The molecule has 0 fully saturated rings. The minimum absolute atomic E-state index is 0.0847. The molecule has 0 aliphatic rings. The number of benzene rings is 1. The van der Waals surface area contributed by atoms with Crippen molar-refractivity contribution in [1.29, 1.82) is 0 Å². The van der Waals surface area contributed by atoms with Crippen molar-refractivity contribution in [3.63, 3.8) is 0 Å². The van der Waals surface area contributed by atoms with Gasteiger partial charge in [-0.25, -0.2) is 0 Å². The van der Waals surface area contributed by atoms with Gasteiger partial charge >= 0.3 is 5.97 Å². The van der Waals surface area contributed by atoms with E-state index in [0.29, 0.717) is 16.3 Å². The molecule has 0 radical (unpaired) electrons. The third-order valence-corrected chi connectivity index (χ3v) is 2.54. The first kappa shape index (κ1) is 12.8. The highest BCUT2D eigenvalue weighted by Gasteiger charge is 2.22. The maximum atomic E-state index is 11.0. The summed E-state index contributed by atoms with van der Waals surface area (Å²) in [5.41, 5.74) is 0.525. The van der Waals surface area contributed by atoms with Crippen LogP contribution < -0.4 is 4.74 Å². The van der Waals surface area contributed by atoms with Crippen LogP contribution >= 0.6 is 11.6 Å². The van der Waals surface area contributed by atoms with Crippen molar-refractivity contribution in [3.8, 4) is 5.75 Å². The smallest absolute Gasteiger partial charge is 0.313 e. The van der Waals surface area contributed by atoms with E-state index in [2.05, 4.69) is 0 Å². The molecule has 0 aliphatic heterocycles. The second-order valence-corrected chi connectivity index (χ2v) is 3.64. The molecule has 88 valence electrons. The second-order valence-electron chi connectivity index (χ2n) is 3.23. The summed E-state index contributed by atoms with van der Waals surface area (Å²) in [4.78, 5) is 11.0. The van der Waals surface area contributed by atoms with E-state index in [-0.39, 0.29) is 6.61 Å². The van der Waals surface area contributed by atoms with E-state index in [9.17, 15) is 4.79 Å². The quantitative estimate of drug-likeness (QED) is 0.863. The summed E-state index contributed by atoms with van der Waals surface area (Å²) in [6, 6.07) is 4.90. The first-order valence-electron chi connectivity index (χ1n) is 4.65. The third-order valence-electron chi connectivity index (χ3n) is 2.21. The van der Waals surface area contributed by atoms with Crippen LogP contribution in [0.25, 0.3) is 0 Å². The lowest BCUT2D eigenvalue weighted by Crippen LogP contribution is -2.17. The SMILES string of the molecule is COCC(C(=O)O)c1ccc(OC)cc1Cl. The van der Waals surface area contributed by atoms with Gasteiger partial charge in [0.05, 0.1) is 13.7 Å². The van der Waals surface area contributed by atoms with Gasteiger partial charge in [0, 0.05) is 12.1 Å². The molecule has 1 atom stereocenters. The monoisotopic (exact) mass is 244 g/mol. The van der Waals surface area contributed by atoms with Gasteiger partial charge in [-0.1, -0.05) is 17.7 Å². The van der Waals surface area contributed by atoms with Gasteiger partial charge < -0.3 is 14.6 Å². The molecule has 5 heteroatoms. The van der Waals surface area contributed by atoms with E-state index in [1.165, 1.54) is 14.2 Å². The molecule has 0 bridgehead atoms. The highest BCUT2D eigenvalue weighted by molar-refractivity contribution is 6.31. The predicted octanol–water partition coefficient (Wildman–Crippen LogP) is 2.16. The number of rotatable bonds is 5. The van der Waals surface area contributed by atoms with Crippen LogP contribution in [0.1, 0.15) is 11.5 Å². The van der Waals surface area contributed by atoms with Crippen LogP contribution in [0, 0.1) is 0 Å². The Bertz CT molecular complexity index is 378. The molecule has 0 amide bonds. The van der Waals surface area contributed by atoms with E-state index >= 15 is 0 Å². The third kappa shape index (κ3) is 2.87. The van der Waals surface area contributed by atoms with Crippen LogP contribution in [0.5, 0.6) is 5.75 Å². The summed E-state index contributed by atoms with van der Waals surface area (Å²) in [5, 5.41) is 9.40. The molecule has 1 aromatic rings. The standard InChI is InChI=1S/C11H13ClO4/c1-15-6-9(11(13)14)8-4-3-7(16-2)5-10(8)12/h3-5,9H,6H2,1-2H3,(H,13,14). The first-order valence-corrected chi connectivity index (χ1v) is 5.03. The molecular formula is C11H13ClO4. The largest absolute Gasteiger partial charge is 0.497 e. The van der Waals surface area contributed by atoms with Gasteiger partial charge in [0.15, 0.2) is 0 Å². The molecule has 0 saturated carbocycles. The number of hydrogen-bond acceptors (Lipinski definition) is 3. The van der Waals surface area contributed by atoms with E-state index in [1.54, 1.807) is 18.2 Å². The Balaban J connectivity index is 3.05. The molecule has 0 aromatic heterocycles. The Morgan fingerprint density at radius 2 is 2.19 bits per heavy atom. The average molecular weight is 245 g/mol. The van der Waals surface area contributed by atoms with Crippen molar-refractivity contribution < 1.29 is 19.4 Å². The average Bonchev–Trinajstić information content (AvgIpc) is 2.26. The molecule has 0 heterocycles. The molecule has 1 aromatic carbocycles. The summed E-state index contributed by atoms with van der Waals surface area (Å²) in [7, 11) is 2.97. The summed E-state index contributed by atoms with van der Waals surface area (Å²) in [6.07, 6.45) is 0.